The number of rotatable bonds is 4. The Morgan fingerprint density at radius 1 is 1.42 bits per heavy atom. The summed E-state index contributed by atoms with van der Waals surface area (Å²) in [5.74, 6) is 0.702. The van der Waals surface area contributed by atoms with Gasteiger partial charge in [0.1, 0.15) is 17.9 Å². The summed E-state index contributed by atoms with van der Waals surface area (Å²) >= 11 is 0. The summed E-state index contributed by atoms with van der Waals surface area (Å²) in [6.45, 7) is 4.10. The van der Waals surface area contributed by atoms with E-state index in [-0.39, 0.29) is 11.7 Å². The third-order valence-corrected chi connectivity index (χ3v) is 3.18. The molecule has 1 aliphatic heterocycles. The van der Waals surface area contributed by atoms with E-state index in [1.807, 2.05) is 13.8 Å². The Balaban J connectivity index is 2.25. The zero-order valence-electron chi connectivity index (χ0n) is 11.1. The number of alkyl halides is 3. The van der Waals surface area contributed by atoms with Crippen LogP contribution in [0.25, 0.3) is 0 Å². The summed E-state index contributed by atoms with van der Waals surface area (Å²) in [7, 11) is 0. The summed E-state index contributed by atoms with van der Waals surface area (Å²) in [6.07, 6.45) is -2.91. The van der Waals surface area contributed by atoms with Crippen LogP contribution in [0.2, 0.25) is 0 Å². The molecule has 1 aromatic carbocycles. The van der Waals surface area contributed by atoms with E-state index >= 15 is 0 Å². The lowest BCUT2D eigenvalue weighted by Gasteiger charge is -2.22. The van der Waals surface area contributed by atoms with Gasteiger partial charge in [-0.1, -0.05) is 19.1 Å². The Labute approximate surface area is 111 Å². The monoisotopic (exact) mass is 273 g/mol. The molecule has 0 amide bonds. The standard InChI is InChI=1S/C14H18F3NO/c1-3-6-18-13(14(15,16)17)10-4-5-12-11(8-10)7-9(2)19-12/h4-5,8-9,13,18H,3,6-7H2,1-2H3. The molecule has 2 unspecified atom stereocenters. The van der Waals surface area contributed by atoms with E-state index in [2.05, 4.69) is 5.32 Å². The average Bonchev–Trinajstić information content (AvgIpc) is 2.67. The van der Waals surface area contributed by atoms with E-state index in [4.69, 9.17) is 4.74 Å². The molecule has 1 N–H and O–H groups in total. The van der Waals surface area contributed by atoms with Crippen molar-refractivity contribution in [2.24, 2.45) is 0 Å². The molecule has 0 saturated carbocycles. The molecule has 2 nitrogen and oxygen atoms in total. The predicted molar refractivity (Wildman–Crippen MR) is 67.3 cm³/mol. The minimum atomic E-state index is -4.28. The highest BCUT2D eigenvalue weighted by atomic mass is 19.4. The van der Waals surface area contributed by atoms with Crippen molar-refractivity contribution in [3.8, 4) is 5.75 Å². The molecular weight excluding hydrogens is 255 g/mol. The lowest BCUT2D eigenvalue weighted by Crippen LogP contribution is -2.34. The van der Waals surface area contributed by atoms with Gasteiger partial charge in [-0.05, 0) is 37.1 Å². The topological polar surface area (TPSA) is 21.3 Å². The molecule has 0 radical (unpaired) electrons. The van der Waals surface area contributed by atoms with Gasteiger partial charge in [-0.15, -0.1) is 0 Å². The lowest BCUT2D eigenvalue weighted by atomic mass is 10.0. The molecule has 106 valence electrons. The Morgan fingerprint density at radius 2 is 2.16 bits per heavy atom. The number of nitrogens with one attached hydrogen (secondary N) is 1. The van der Waals surface area contributed by atoms with Crippen LogP contribution in [-0.2, 0) is 6.42 Å². The molecule has 0 aliphatic carbocycles. The quantitative estimate of drug-likeness (QED) is 0.904. The van der Waals surface area contributed by atoms with E-state index < -0.39 is 12.2 Å². The van der Waals surface area contributed by atoms with Crippen molar-refractivity contribution in [2.75, 3.05) is 6.54 Å². The Morgan fingerprint density at radius 3 is 2.79 bits per heavy atom. The number of hydrogen-bond donors (Lipinski definition) is 1. The van der Waals surface area contributed by atoms with Crippen LogP contribution in [0.15, 0.2) is 18.2 Å². The first kappa shape index (κ1) is 14.2. The molecule has 0 aromatic heterocycles. The molecule has 0 spiro atoms. The van der Waals surface area contributed by atoms with Crippen LogP contribution in [0, 0.1) is 0 Å². The lowest BCUT2D eigenvalue weighted by molar-refractivity contribution is -0.157. The van der Waals surface area contributed by atoms with Gasteiger partial charge in [0.25, 0.3) is 0 Å². The van der Waals surface area contributed by atoms with Crippen LogP contribution >= 0.6 is 0 Å². The second kappa shape index (κ2) is 5.41. The maximum atomic E-state index is 13.1. The first-order valence-electron chi connectivity index (χ1n) is 6.51. The average molecular weight is 273 g/mol. The minimum Gasteiger partial charge on any atom is -0.490 e. The predicted octanol–water partition coefficient (Wildman–Crippen LogP) is 3.61. The molecule has 0 bridgehead atoms. The van der Waals surface area contributed by atoms with Crippen molar-refractivity contribution >= 4 is 0 Å². The van der Waals surface area contributed by atoms with Crippen LogP contribution in [-0.4, -0.2) is 18.8 Å². The van der Waals surface area contributed by atoms with E-state index in [9.17, 15) is 13.2 Å². The minimum absolute atomic E-state index is 0.0400. The molecule has 5 heteroatoms. The molecule has 1 heterocycles. The molecule has 2 rings (SSSR count). The van der Waals surface area contributed by atoms with Crippen molar-refractivity contribution < 1.29 is 17.9 Å². The molecule has 0 fully saturated rings. The molecule has 0 saturated heterocycles. The smallest absolute Gasteiger partial charge is 0.407 e. The highest BCUT2D eigenvalue weighted by molar-refractivity contribution is 5.41. The molecule has 19 heavy (non-hydrogen) atoms. The van der Waals surface area contributed by atoms with Gasteiger partial charge >= 0.3 is 6.18 Å². The summed E-state index contributed by atoms with van der Waals surface area (Å²) < 4.78 is 44.7. The Hall–Kier alpha value is -1.23. The number of benzene rings is 1. The van der Waals surface area contributed by atoms with Gasteiger partial charge in [0.15, 0.2) is 0 Å². The van der Waals surface area contributed by atoms with Gasteiger partial charge < -0.3 is 10.1 Å². The highest BCUT2D eigenvalue weighted by Gasteiger charge is 2.40. The SMILES string of the molecule is CCCNC(c1ccc2c(c1)CC(C)O2)C(F)(F)F. The fourth-order valence-electron chi connectivity index (χ4n) is 2.33. The maximum absolute atomic E-state index is 13.1. The normalized spacial score (nSPS) is 19.9. The zero-order valence-corrected chi connectivity index (χ0v) is 11.1. The van der Waals surface area contributed by atoms with Crippen molar-refractivity contribution in [1.29, 1.82) is 0 Å². The van der Waals surface area contributed by atoms with Gasteiger partial charge in [0.05, 0.1) is 0 Å². The van der Waals surface area contributed by atoms with Crippen molar-refractivity contribution in [3.63, 3.8) is 0 Å². The van der Waals surface area contributed by atoms with Crippen LogP contribution in [0.3, 0.4) is 0 Å². The van der Waals surface area contributed by atoms with Crippen molar-refractivity contribution in [2.45, 2.75) is 45.0 Å². The number of halogens is 3. The summed E-state index contributed by atoms with van der Waals surface area (Å²) in [5.41, 5.74) is 1.12. The summed E-state index contributed by atoms with van der Waals surface area (Å²) in [4.78, 5) is 0. The number of fused-ring (bicyclic) bond motifs is 1. The van der Waals surface area contributed by atoms with Gasteiger partial charge in [-0.3, -0.25) is 0 Å². The maximum Gasteiger partial charge on any atom is 0.407 e. The fraction of sp³-hybridized carbons (Fsp3) is 0.571. The molecular formula is C14H18F3NO. The third-order valence-electron chi connectivity index (χ3n) is 3.18. The summed E-state index contributed by atoms with van der Waals surface area (Å²) in [5, 5.41) is 2.56. The second-order valence-electron chi connectivity index (χ2n) is 4.93. The van der Waals surface area contributed by atoms with Gasteiger partial charge in [0, 0.05) is 6.42 Å². The van der Waals surface area contributed by atoms with Gasteiger partial charge in [-0.25, -0.2) is 0 Å². The van der Waals surface area contributed by atoms with Crippen LogP contribution in [0.5, 0.6) is 5.75 Å². The first-order valence-corrected chi connectivity index (χ1v) is 6.51. The Bertz CT molecular complexity index is 445. The molecule has 1 aromatic rings. The summed E-state index contributed by atoms with van der Waals surface area (Å²) in [6, 6.07) is 3.14. The highest BCUT2D eigenvalue weighted by Crippen LogP contribution is 2.36. The van der Waals surface area contributed by atoms with Gasteiger partial charge in [0.2, 0.25) is 0 Å². The van der Waals surface area contributed by atoms with Gasteiger partial charge in [-0.2, -0.15) is 13.2 Å². The largest absolute Gasteiger partial charge is 0.490 e. The number of hydrogen-bond acceptors (Lipinski definition) is 2. The molecule has 1 aliphatic rings. The second-order valence-corrected chi connectivity index (χ2v) is 4.93. The van der Waals surface area contributed by atoms with E-state index in [1.165, 1.54) is 6.07 Å². The fourth-order valence-corrected chi connectivity index (χ4v) is 2.33. The van der Waals surface area contributed by atoms with Crippen LogP contribution in [0.1, 0.15) is 37.4 Å². The Kier molecular flexibility index (Phi) is 4.04. The molecule has 2 atom stereocenters. The first-order chi connectivity index (χ1) is 8.91. The van der Waals surface area contributed by atoms with Crippen LogP contribution in [0.4, 0.5) is 13.2 Å². The third kappa shape index (κ3) is 3.21. The number of ether oxygens (including phenoxy) is 1. The van der Waals surface area contributed by atoms with Crippen molar-refractivity contribution in [3.05, 3.63) is 29.3 Å². The van der Waals surface area contributed by atoms with E-state index in [1.54, 1.807) is 12.1 Å². The van der Waals surface area contributed by atoms with E-state index in [0.717, 1.165) is 5.56 Å². The zero-order chi connectivity index (χ0) is 14.0. The van der Waals surface area contributed by atoms with E-state index in [0.29, 0.717) is 25.1 Å². The van der Waals surface area contributed by atoms with Crippen molar-refractivity contribution in [1.82, 2.24) is 5.32 Å². The van der Waals surface area contributed by atoms with Crippen LogP contribution < -0.4 is 10.1 Å².